The number of nitrogens with zero attached hydrogens (tertiary/aromatic N) is 2. The zero-order valence-electron chi connectivity index (χ0n) is 16.6. The second-order valence-corrected chi connectivity index (χ2v) is 7.74. The van der Waals surface area contributed by atoms with Crippen LogP contribution in [0.15, 0.2) is 24.3 Å². The summed E-state index contributed by atoms with van der Waals surface area (Å²) < 4.78 is 63.4. The molecular formula is C19H24F4N2O4. The van der Waals surface area contributed by atoms with Crippen LogP contribution in [-0.4, -0.2) is 65.4 Å². The quantitative estimate of drug-likeness (QED) is 0.702. The first-order chi connectivity index (χ1) is 13.3. The standard InChI is InChI=1S/C19H24F4N2O4/c1-12(28-15-8-6-5-7-13(15)20)14-11-24(16(26)19(21,22)23)9-10-25(14)17(27)29-18(2,3)4/h5-8,12,14H,9-11H2,1-4H3. The van der Waals surface area contributed by atoms with E-state index in [1.165, 1.54) is 36.1 Å². The summed E-state index contributed by atoms with van der Waals surface area (Å²) in [5.74, 6) is -2.75. The maximum atomic E-state index is 13.9. The molecule has 0 aliphatic carbocycles. The van der Waals surface area contributed by atoms with Gasteiger partial charge in [0.25, 0.3) is 0 Å². The van der Waals surface area contributed by atoms with Crippen LogP contribution >= 0.6 is 0 Å². The second kappa shape index (κ2) is 8.46. The molecule has 1 aromatic carbocycles. The van der Waals surface area contributed by atoms with Gasteiger partial charge in [-0.15, -0.1) is 0 Å². The van der Waals surface area contributed by atoms with Crippen molar-refractivity contribution in [3.05, 3.63) is 30.1 Å². The molecule has 2 rings (SSSR count). The van der Waals surface area contributed by atoms with E-state index in [9.17, 15) is 27.2 Å². The fourth-order valence-corrected chi connectivity index (χ4v) is 2.94. The van der Waals surface area contributed by atoms with E-state index >= 15 is 0 Å². The highest BCUT2D eigenvalue weighted by atomic mass is 19.4. The van der Waals surface area contributed by atoms with Crippen molar-refractivity contribution in [3.63, 3.8) is 0 Å². The fraction of sp³-hybridized carbons (Fsp3) is 0.579. The predicted molar refractivity (Wildman–Crippen MR) is 95.9 cm³/mol. The van der Waals surface area contributed by atoms with Crippen LogP contribution in [0, 0.1) is 5.82 Å². The molecule has 0 N–H and O–H groups in total. The predicted octanol–water partition coefficient (Wildman–Crippen LogP) is 3.60. The van der Waals surface area contributed by atoms with Crippen molar-refractivity contribution >= 4 is 12.0 Å². The summed E-state index contributed by atoms with van der Waals surface area (Å²) >= 11 is 0. The van der Waals surface area contributed by atoms with Crippen LogP contribution in [0.5, 0.6) is 5.75 Å². The molecule has 162 valence electrons. The minimum absolute atomic E-state index is 0.108. The topological polar surface area (TPSA) is 59.1 Å². The van der Waals surface area contributed by atoms with Crippen LogP contribution in [0.25, 0.3) is 0 Å². The first-order valence-electron chi connectivity index (χ1n) is 9.06. The Bertz CT molecular complexity index is 748. The lowest BCUT2D eigenvalue weighted by Gasteiger charge is -2.43. The molecule has 1 heterocycles. The largest absolute Gasteiger partial charge is 0.485 e. The highest BCUT2D eigenvalue weighted by Gasteiger charge is 2.47. The number of halogens is 4. The van der Waals surface area contributed by atoms with E-state index in [-0.39, 0.29) is 18.8 Å². The molecule has 1 saturated heterocycles. The van der Waals surface area contributed by atoms with E-state index in [2.05, 4.69) is 0 Å². The van der Waals surface area contributed by atoms with Crippen molar-refractivity contribution < 1.29 is 36.6 Å². The Kier molecular flexibility index (Phi) is 6.64. The number of amides is 2. The first kappa shape index (κ1) is 22.8. The number of para-hydroxylation sites is 1. The number of rotatable bonds is 3. The van der Waals surface area contributed by atoms with E-state index in [4.69, 9.17) is 9.47 Å². The number of carbonyl (C=O) groups is 2. The van der Waals surface area contributed by atoms with Crippen LogP contribution in [0.2, 0.25) is 0 Å². The summed E-state index contributed by atoms with van der Waals surface area (Å²) in [6.07, 6.45) is -6.69. The number of hydrogen-bond acceptors (Lipinski definition) is 4. The number of alkyl halides is 3. The Morgan fingerprint density at radius 2 is 1.76 bits per heavy atom. The molecule has 29 heavy (non-hydrogen) atoms. The third kappa shape index (κ3) is 5.98. The molecule has 2 unspecified atom stereocenters. The van der Waals surface area contributed by atoms with Crippen molar-refractivity contribution in [3.8, 4) is 5.75 Å². The highest BCUT2D eigenvalue weighted by Crippen LogP contribution is 2.26. The maximum absolute atomic E-state index is 13.9. The number of carbonyl (C=O) groups excluding carboxylic acids is 2. The Morgan fingerprint density at radius 1 is 1.14 bits per heavy atom. The lowest BCUT2D eigenvalue weighted by molar-refractivity contribution is -0.188. The molecule has 10 heteroatoms. The third-order valence-corrected chi connectivity index (χ3v) is 4.27. The Balaban J connectivity index is 2.25. The normalized spacial score (nSPS) is 19.0. The molecule has 2 amide bonds. The van der Waals surface area contributed by atoms with Gasteiger partial charge in [0.2, 0.25) is 0 Å². The average Bonchev–Trinajstić information content (AvgIpc) is 2.60. The summed E-state index contributed by atoms with van der Waals surface area (Å²) in [6.45, 7) is 5.56. The lowest BCUT2D eigenvalue weighted by atomic mass is 10.1. The summed E-state index contributed by atoms with van der Waals surface area (Å²) in [6, 6.07) is 4.57. The van der Waals surface area contributed by atoms with Crippen molar-refractivity contribution in [2.45, 2.75) is 51.6 Å². The minimum atomic E-state index is -5.03. The molecule has 1 aliphatic heterocycles. The maximum Gasteiger partial charge on any atom is 0.471 e. The molecular weight excluding hydrogens is 396 g/mol. The number of hydrogen-bond donors (Lipinski definition) is 0. The Morgan fingerprint density at radius 3 is 2.31 bits per heavy atom. The van der Waals surface area contributed by atoms with Crippen molar-refractivity contribution in [2.75, 3.05) is 19.6 Å². The zero-order valence-corrected chi connectivity index (χ0v) is 16.6. The van der Waals surface area contributed by atoms with Gasteiger partial charge >= 0.3 is 18.2 Å². The molecule has 1 aromatic rings. The van der Waals surface area contributed by atoms with E-state index < -0.39 is 48.3 Å². The molecule has 1 aliphatic rings. The van der Waals surface area contributed by atoms with E-state index in [1.807, 2.05) is 0 Å². The summed E-state index contributed by atoms with van der Waals surface area (Å²) in [7, 11) is 0. The minimum Gasteiger partial charge on any atom is -0.485 e. The van der Waals surface area contributed by atoms with Gasteiger partial charge < -0.3 is 14.4 Å². The van der Waals surface area contributed by atoms with Crippen LogP contribution in [-0.2, 0) is 9.53 Å². The van der Waals surface area contributed by atoms with E-state index in [1.54, 1.807) is 20.8 Å². The van der Waals surface area contributed by atoms with Crippen LogP contribution in [0.4, 0.5) is 22.4 Å². The average molecular weight is 420 g/mol. The summed E-state index contributed by atoms with van der Waals surface area (Å²) in [5, 5.41) is 0. The summed E-state index contributed by atoms with van der Waals surface area (Å²) in [4.78, 5) is 26.1. The monoisotopic (exact) mass is 420 g/mol. The molecule has 6 nitrogen and oxygen atoms in total. The lowest BCUT2D eigenvalue weighted by Crippen LogP contribution is -2.62. The van der Waals surface area contributed by atoms with Gasteiger partial charge in [-0.25, -0.2) is 9.18 Å². The van der Waals surface area contributed by atoms with Gasteiger partial charge in [-0.3, -0.25) is 9.69 Å². The molecule has 2 atom stereocenters. The van der Waals surface area contributed by atoms with Crippen molar-refractivity contribution in [2.24, 2.45) is 0 Å². The molecule has 0 radical (unpaired) electrons. The highest BCUT2D eigenvalue weighted by molar-refractivity contribution is 5.82. The molecule has 0 aromatic heterocycles. The summed E-state index contributed by atoms with van der Waals surface area (Å²) in [5.41, 5.74) is -0.823. The van der Waals surface area contributed by atoms with Crippen molar-refractivity contribution in [1.29, 1.82) is 0 Å². The van der Waals surface area contributed by atoms with Gasteiger partial charge in [0.15, 0.2) is 11.6 Å². The molecule has 0 spiro atoms. The zero-order chi connectivity index (χ0) is 22.0. The Labute approximate surface area is 166 Å². The molecule has 0 bridgehead atoms. The van der Waals surface area contributed by atoms with Crippen LogP contribution in [0.3, 0.4) is 0 Å². The number of ether oxygens (including phenoxy) is 2. The molecule has 0 saturated carbocycles. The Hall–Kier alpha value is -2.52. The van der Waals surface area contributed by atoms with Crippen molar-refractivity contribution in [1.82, 2.24) is 9.80 Å². The number of benzene rings is 1. The van der Waals surface area contributed by atoms with Crippen LogP contribution < -0.4 is 4.74 Å². The molecule has 1 fully saturated rings. The van der Waals surface area contributed by atoms with Gasteiger partial charge in [-0.1, -0.05) is 12.1 Å². The van der Waals surface area contributed by atoms with Gasteiger partial charge in [-0.05, 0) is 39.8 Å². The SMILES string of the molecule is CC(Oc1ccccc1F)C1CN(C(=O)C(F)(F)F)CCN1C(=O)OC(C)(C)C. The van der Waals surface area contributed by atoms with E-state index in [0.29, 0.717) is 4.90 Å². The smallest absolute Gasteiger partial charge is 0.471 e. The van der Waals surface area contributed by atoms with Crippen LogP contribution in [0.1, 0.15) is 27.7 Å². The van der Waals surface area contributed by atoms with Gasteiger partial charge in [0, 0.05) is 19.6 Å². The van der Waals surface area contributed by atoms with E-state index in [0.717, 1.165) is 0 Å². The van der Waals surface area contributed by atoms with Gasteiger partial charge in [0.1, 0.15) is 11.7 Å². The third-order valence-electron chi connectivity index (χ3n) is 4.27. The first-order valence-corrected chi connectivity index (χ1v) is 9.06. The van der Waals surface area contributed by atoms with Gasteiger partial charge in [-0.2, -0.15) is 13.2 Å². The van der Waals surface area contributed by atoms with Gasteiger partial charge in [0.05, 0.1) is 6.04 Å². The fourth-order valence-electron chi connectivity index (χ4n) is 2.94. The number of piperazine rings is 1. The second-order valence-electron chi connectivity index (χ2n) is 7.74.